The highest BCUT2D eigenvalue weighted by Gasteiger charge is 2.92. The van der Waals surface area contributed by atoms with Gasteiger partial charge in [0.15, 0.2) is 22.6 Å². The van der Waals surface area contributed by atoms with Crippen LogP contribution in [0.5, 0.6) is 0 Å². The van der Waals surface area contributed by atoms with E-state index in [0.29, 0.717) is 5.57 Å². The SMILES string of the molecule is C[C@H]1C(=O)O[C@H]2C[C@]1(C)[C@@H]1C(=O)[C@@]3(O)O[C@]14[C@](O)(CC[C@@H]1[C@@H]3[C@@H](O)C=C3C=CCC(=O)[C@]31C)C(=O)O[C@]24C. The summed E-state index contributed by atoms with van der Waals surface area (Å²) < 4.78 is 18.0. The normalized spacial score (nSPS) is 58.1. The molecule has 10 nitrogen and oxygen atoms in total. The molecule has 1 spiro atoms. The molecule has 0 aromatic heterocycles. The smallest absolute Gasteiger partial charge is 0.342 e. The van der Waals surface area contributed by atoms with Gasteiger partial charge in [-0.2, -0.15) is 0 Å². The van der Waals surface area contributed by atoms with E-state index in [1.165, 1.54) is 13.0 Å². The first kappa shape index (κ1) is 24.6. The number of hydrogen-bond acceptors (Lipinski definition) is 10. The Kier molecular flexibility index (Phi) is 4.31. The Morgan fingerprint density at radius 3 is 2.50 bits per heavy atom. The van der Waals surface area contributed by atoms with E-state index in [0.717, 1.165) is 0 Å². The third-order valence-electron chi connectivity index (χ3n) is 11.8. The van der Waals surface area contributed by atoms with E-state index >= 15 is 0 Å². The van der Waals surface area contributed by atoms with Gasteiger partial charge in [-0.15, -0.1) is 0 Å². The van der Waals surface area contributed by atoms with Crippen LogP contribution in [0.15, 0.2) is 23.8 Å². The molecule has 4 bridgehead atoms. The Bertz CT molecular complexity index is 1300. The average molecular weight is 529 g/mol. The number of fused-ring (bicyclic) bond motifs is 9. The minimum Gasteiger partial charge on any atom is -0.458 e. The Labute approximate surface area is 219 Å². The molecule has 7 aliphatic rings. The quantitative estimate of drug-likeness (QED) is 0.379. The number of ketones is 2. The van der Waals surface area contributed by atoms with E-state index in [2.05, 4.69) is 0 Å². The van der Waals surface area contributed by atoms with Crippen LogP contribution in [0.25, 0.3) is 0 Å². The van der Waals surface area contributed by atoms with Crippen LogP contribution in [-0.2, 0) is 33.4 Å². The molecule has 204 valence electrons. The molecule has 38 heavy (non-hydrogen) atoms. The van der Waals surface area contributed by atoms with Crippen LogP contribution >= 0.6 is 0 Å². The molecule has 4 saturated heterocycles. The molecule has 12 atom stereocenters. The topological polar surface area (TPSA) is 157 Å². The maximum Gasteiger partial charge on any atom is 0.342 e. The second-order valence-electron chi connectivity index (χ2n) is 13.1. The molecule has 7 rings (SSSR count). The van der Waals surface area contributed by atoms with E-state index in [1.54, 1.807) is 32.9 Å². The van der Waals surface area contributed by atoms with Crippen LogP contribution in [0.2, 0.25) is 0 Å². The number of allylic oxidation sites excluding steroid dienone is 3. The van der Waals surface area contributed by atoms with Crippen molar-refractivity contribution >= 4 is 23.5 Å². The fourth-order valence-corrected chi connectivity index (χ4v) is 9.48. The Morgan fingerprint density at radius 1 is 1.08 bits per heavy atom. The van der Waals surface area contributed by atoms with Gasteiger partial charge in [0.25, 0.3) is 0 Å². The van der Waals surface area contributed by atoms with Gasteiger partial charge in [-0.1, -0.05) is 32.1 Å². The predicted molar refractivity (Wildman–Crippen MR) is 126 cm³/mol. The Morgan fingerprint density at radius 2 is 1.79 bits per heavy atom. The summed E-state index contributed by atoms with van der Waals surface area (Å²) in [5, 5.41) is 36.1. The van der Waals surface area contributed by atoms with Gasteiger partial charge in [-0.05, 0) is 50.0 Å². The highest BCUT2D eigenvalue weighted by molar-refractivity contribution is 5.99. The summed E-state index contributed by atoms with van der Waals surface area (Å²) in [5.74, 6) is -9.49. The summed E-state index contributed by atoms with van der Waals surface area (Å²) in [4.78, 5) is 54.6. The molecule has 0 aromatic rings. The number of ether oxygens (including phenoxy) is 3. The molecule has 0 aromatic carbocycles. The van der Waals surface area contributed by atoms with Gasteiger partial charge >= 0.3 is 11.9 Å². The summed E-state index contributed by atoms with van der Waals surface area (Å²) in [7, 11) is 0. The Hall–Kier alpha value is -2.40. The number of aliphatic hydroxyl groups excluding tert-OH is 1. The molecule has 0 unspecified atom stereocenters. The van der Waals surface area contributed by atoms with Crippen molar-refractivity contribution < 1.29 is 48.7 Å². The lowest BCUT2D eigenvalue weighted by Gasteiger charge is -2.61. The van der Waals surface area contributed by atoms with Gasteiger partial charge in [0.2, 0.25) is 5.79 Å². The summed E-state index contributed by atoms with van der Waals surface area (Å²) in [6.45, 7) is 6.53. The van der Waals surface area contributed by atoms with Crippen LogP contribution < -0.4 is 0 Å². The average Bonchev–Trinajstić information content (AvgIpc) is 3.19. The number of carbonyl (C=O) groups excluding carboxylic acids is 4. The molecular weight excluding hydrogens is 496 g/mol. The van der Waals surface area contributed by atoms with Crippen LogP contribution in [-0.4, -0.2) is 73.6 Å². The van der Waals surface area contributed by atoms with Gasteiger partial charge in [0.1, 0.15) is 11.9 Å². The van der Waals surface area contributed by atoms with Crippen LogP contribution in [0, 0.1) is 34.5 Å². The van der Waals surface area contributed by atoms with Crippen LogP contribution in [0.1, 0.15) is 53.4 Å². The maximum atomic E-state index is 14.6. The standard InChI is InChI=1S/C28H32O10/c1-12-21(32)36-17-11-23(12,2)19-20(31)27(35)18-14(24(3)13(10-15(18)29)6-5-7-16(24)30)8-9-26(34)22(33)37-25(17,4)28(19,26)38-27/h5-6,10,12,14-15,17-19,29,34-35H,7-9,11H2,1-4H3/t12-,14+,15-,17-,18+,19-,23-,24+,25+,26-,27-,28+/m0/s1. The summed E-state index contributed by atoms with van der Waals surface area (Å²) in [6.07, 6.45) is 2.64. The highest BCUT2D eigenvalue weighted by atomic mass is 16.7. The minimum absolute atomic E-state index is 0.0287. The molecule has 0 radical (unpaired) electrons. The third kappa shape index (κ3) is 2.19. The number of esters is 2. The molecular formula is C28H32O10. The van der Waals surface area contributed by atoms with Gasteiger partial charge in [0.05, 0.1) is 29.3 Å². The second kappa shape index (κ2) is 6.66. The zero-order valence-corrected chi connectivity index (χ0v) is 21.7. The minimum atomic E-state index is -2.67. The predicted octanol–water partition coefficient (Wildman–Crippen LogP) is 0.510. The first-order valence-electron chi connectivity index (χ1n) is 13.4. The molecule has 4 heterocycles. The van der Waals surface area contributed by atoms with Crippen molar-refractivity contribution in [3.63, 3.8) is 0 Å². The monoisotopic (exact) mass is 528 g/mol. The lowest BCUT2D eigenvalue weighted by molar-refractivity contribution is -0.350. The number of carbonyl (C=O) groups is 4. The largest absolute Gasteiger partial charge is 0.458 e. The van der Waals surface area contributed by atoms with Gasteiger partial charge in [0, 0.05) is 6.42 Å². The first-order valence-corrected chi connectivity index (χ1v) is 13.4. The summed E-state index contributed by atoms with van der Waals surface area (Å²) >= 11 is 0. The number of aliphatic hydroxyl groups is 3. The van der Waals surface area contributed by atoms with E-state index < -0.39 is 87.0 Å². The van der Waals surface area contributed by atoms with Crippen molar-refractivity contribution in [3.05, 3.63) is 23.8 Å². The molecule has 3 N–H and O–H groups in total. The molecule has 1 saturated carbocycles. The zero-order chi connectivity index (χ0) is 27.4. The summed E-state index contributed by atoms with van der Waals surface area (Å²) in [6, 6.07) is 0. The molecule has 0 amide bonds. The van der Waals surface area contributed by atoms with Crippen LogP contribution in [0.3, 0.4) is 0 Å². The van der Waals surface area contributed by atoms with Crippen molar-refractivity contribution in [2.24, 2.45) is 34.5 Å². The third-order valence-corrected chi connectivity index (χ3v) is 11.8. The van der Waals surface area contributed by atoms with Crippen LogP contribution in [0.4, 0.5) is 0 Å². The second-order valence-corrected chi connectivity index (χ2v) is 13.1. The highest BCUT2D eigenvalue weighted by Crippen LogP contribution is 2.73. The molecule has 4 aliphatic heterocycles. The molecule has 5 fully saturated rings. The van der Waals surface area contributed by atoms with Crippen molar-refractivity contribution in [3.8, 4) is 0 Å². The number of Topliss-reactive ketones (excluding diaryl/α,β-unsaturated/α-hetero) is 2. The first-order chi connectivity index (χ1) is 17.6. The van der Waals surface area contributed by atoms with E-state index in [9.17, 15) is 34.5 Å². The fourth-order valence-electron chi connectivity index (χ4n) is 9.48. The van der Waals surface area contributed by atoms with Gasteiger partial charge in [-0.25, -0.2) is 4.79 Å². The summed E-state index contributed by atoms with van der Waals surface area (Å²) in [5.41, 5.74) is -8.02. The van der Waals surface area contributed by atoms with E-state index in [-0.39, 0.29) is 31.5 Å². The van der Waals surface area contributed by atoms with E-state index in [4.69, 9.17) is 14.2 Å². The molecule has 3 aliphatic carbocycles. The Balaban J connectivity index is 1.52. The van der Waals surface area contributed by atoms with Crippen molar-refractivity contribution in [1.29, 1.82) is 0 Å². The zero-order valence-electron chi connectivity index (χ0n) is 21.7. The van der Waals surface area contributed by atoms with Gasteiger partial charge < -0.3 is 29.5 Å². The van der Waals surface area contributed by atoms with Crippen molar-refractivity contribution in [2.45, 2.75) is 88.2 Å². The number of rotatable bonds is 0. The van der Waals surface area contributed by atoms with Crippen molar-refractivity contribution in [1.82, 2.24) is 0 Å². The van der Waals surface area contributed by atoms with E-state index in [1.807, 2.05) is 0 Å². The fraction of sp³-hybridized carbons (Fsp3) is 0.714. The lowest BCUT2D eigenvalue weighted by Crippen LogP contribution is -2.78. The lowest BCUT2D eigenvalue weighted by atomic mass is 9.46. The maximum absolute atomic E-state index is 14.6. The van der Waals surface area contributed by atoms with Crippen molar-refractivity contribution in [2.75, 3.05) is 0 Å². The van der Waals surface area contributed by atoms with Gasteiger partial charge in [-0.3, -0.25) is 14.4 Å². The number of hydrogen-bond donors (Lipinski definition) is 3. The molecule has 10 heteroatoms.